The molecule has 0 saturated carbocycles. The zero-order chi connectivity index (χ0) is 33.3. The summed E-state index contributed by atoms with van der Waals surface area (Å²) >= 11 is 0. The summed E-state index contributed by atoms with van der Waals surface area (Å²) in [4.78, 5) is 0. The first kappa shape index (κ1) is 31.9. The standard InChI is InChI=1S/C45H48N2O/c1-5-7-9-11-25-45(24-10-8-6-2)41-27-32(4)12-20-37(41)38-21-16-35(29-42(38)45)34-17-23-44-40(28-34)39-26-31(3)13-22-43(39)47(44)36-18-14-33(15-19-36)30-46-48/h12-23,26-30,48H,5-11,24-25H2,1-4H3/b46-30+. The molecule has 0 radical (unpaired) electrons. The molecule has 0 spiro atoms. The van der Waals surface area contributed by atoms with Crippen molar-refractivity contribution >= 4 is 28.0 Å². The summed E-state index contributed by atoms with van der Waals surface area (Å²) in [7, 11) is 0. The predicted molar refractivity (Wildman–Crippen MR) is 204 cm³/mol. The van der Waals surface area contributed by atoms with Gasteiger partial charge in [-0.2, -0.15) is 0 Å². The van der Waals surface area contributed by atoms with Gasteiger partial charge in [0.15, 0.2) is 0 Å². The number of oxime groups is 1. The van der Waals surface area contributed by atoms with Crippen LogP contribution in [0.4, 0.5) is 0 Å². The molecule has 1 aliphatic rings. The van der Waals surface area contributed by atoms with E-state index in [1.54, 1.807) is 5.56 Å². The van der Waals surface area contributed by atoms with Crippen LogP contribution >= 0.6 is 0 Å². The molecule has 1 aromatic heterocycles. The van der Waals surface area contributed by atoms with Gasteiger partial charge in [-0.15, -0.1) is 0 Å². The summed E-state index contributed by atoms with van der Waals surface area (Å²) in [6, 6.07) is 36.5. The van der Waals surface area contributed by atoms with Crippen LogP contribution in [0.2, 0.25) is 0 Å². The summed E-state index contributed by atoms with van der Waals surface area (Å²) in [5, 5.41) is 14.7. The number of aromatic nitrogens is 1. The molecule has 7 rings (SSSR count). The number of aryl methyl sites for hydroxylation is 2. The Hall–Kier alpha value is -4.63. The maximum absolute atomic E-state index is 9.01. The highest BCUT2D eigenvalue weighted by molar-refractivity contribution is 6.10. The molecule has 0 aliphatic heterocycles. The second-order valence-corrected chi connectivity index (χ2v) is 14.1. The fourth-order valence-corrected chi connectivity index (χ4v) is 8.35. The smallest absolute Gasteiger partial charge is 0.0733 e. The molecule has 0 saturated heterocycles. The molecule has 1 N–H and O–H groups in total. The quantitative estimate of drug-likeness (QED) is 0.0620. The Bertz CT molecular complexity index is 2120. The van der Waals surface area contributed by atoms with Gasteiger partial charge in [-0.05, 0) is 108 Å². The van der Waals surface area contributed by atoms with E-state index in [9.17, 15) is 0 Å². The third-order valence-electron chi connectivity index (χ3n) is 10.8. The Balaban J connectivity index is 1.37. The summed E-state index contributed by atoms with van der Waals surface area (Å²) in [6.07, 6.45) is 12.8. The van der Waals surface area contributed by atoms with E-state index >= 15 is 0 Å². The van der Waals surface area contributed by atoms with Crippen molar-refractivity contribution in [3.05, 3.63) is 125 Å². The number of rotatable bonds is 12. The van der Waals surface area contributed by atoms with Crippen molar-refractivity contribution in [2.75, 3.05) is 0 Å². The molecular formula is C45H48N2O. The van der Waals surface area contributed by atoms with Gasteiger partial charge in [0.05, 0.1) is 17.2 Å². The molecule has 0 bridgehead atoms. The number of unbranched alkanes of at least 4 members (excludes halogenated alkanes) is 5. The maximum atomic E-state index is 9.01. The average molecular weight is 633 g/mol. The van der Waals surface area contributed by atoms with Gasteiger partial charge < -0.3 is 9.77 Å². The third-order valence-corrected chi connectivity index (χ3v) is 10.8. The van der Waals surface area contributed by atoms with Gasteiger partial charge in [0, 0.05) is 21.9 Å². The van der Waals surface area contributed by atoms with Crippen LogP contribution in [0.5, 0.6) is 0 Å². The number of benzene rings is 5. The molecule has 48 heavy (non-hydrogen) atoms. The third kappa shape index (κ3) is 5.64. The van der Waals surface area contributed by atoms with Crippen LogP contribution in [-0.4, -0.2) is 16.0 Å². The van der Waals surface area contributed by atoms with Crippen molar-refractivity contribution in [1.82, 2.24) is 4.57 Å². The van der Waals surface area contributed by atoms with Crippen LogP contribution in [0, 0.1) is 13.8 Å². The van der Waals surface area contributed by atoms with E-state index in [0.29, 0.717) is 0 Å². The van der Waals surface area contributed by atoms with Crippen molar-refractivity contribution in [2.24, 2.45) is 5.16 Å². The predicted octanol–water partition coefficient (Wildman–Crippen LogP) is 12.7. The lowest BCUT2D eigenvalue weighted by Gasteiger charge is -2.33. The summed E-state index contributed by atoms with van der Waals surface area (Å²) in [6.45, 7) is 9.07. The van der Waals surface area contributed by atoms with Gasteiger partial charge in [0.25, 0.3) is 0 Å². The average Bonchev–Trinajstić information content (AvgIpc) is 3.56. The SMILES string of the molecule is CCCCCCC1(CCCCC)c2cc(C)ccc2-c2ccc(-c3ccc4c(c3)c3cc(C)ccc3n4-c3ccc(/C=N/O)cc3)cc21. The molecule has 3 heteroatoms. The Morgan fingerprint density at radius 3 is 1.90 bits per heavy atom. The molecule has 0 fully saturated rings. The molecule has 1 unspecified atom stereocenters. The first-order valence-electron chi connectivity index (χ1n) is 18.1. The summed E-state index contributed by atoms with van der Waals surface area (Å²) in [5.74, 6) is 0. The second-order valence-electron chi connectivity index (χ2n) is 14.1. The highest BCUT2D eigenvalue weighted by Crippen LogP contribution is 2.55. The van der Waals surface area contributed by atoms with Crippen LogP contribution in [0.1, 0.15) is 99.5 Å². The molecule has 5 aromatic carbocycles. The zero-order valence-electron chi connectivity index (χ0n) is 29.0. The minimum Gasteiger partial charge on any atom is -0.411 e. The van der Waals surface area contributed by atoms with E-state index in [4.69, 9.17) is 5.21 Å². The molecule has 244 valence electrons. The van der Waals surface area contributed by atoms with Crippen LogP contribution < -0.4 is 0 Å². The van der Waals surface area contributed by atoms with Gasteiger partial charge in [-0.25, -0.2) is 0 Å². The lowest BCUT2D eigenvalue weighted by Crippen LogP contribution is -2.25. The second kappa shape index (κ2) is 13.5. The van der Waals surface area contributed by atoms with Gasteiger partial charge >= 0.3 is 0 Å². The zero-order valence-corrected chi connectivity index (χ0v) is 29.0. The molecule has 0 amide bonds. The molecule has 3 nitrogen and oxygen atoms in total. The van der Waals surface area contributed by atoms with Gasteiger partial charge in [-0.3, -0.25) is 0 Å². The van der Waals surface area contributed by atoms with Crippen LogP contribution in [0.25, 0.3) is 49.7 Å². The van der Waals surface area contributed by atoms with Gasteiger partial charge in [-0.1, -0.05) is 130 Å². The normalized spacial score (nSPS) is 15.5. The van der Waals surface area contributed by atoms with Crippen molar-refractivity contribution in [3.63, 3.8) is 0 Å². The van der Waals surface area contributed by atoms with E-state index < -0.39 is 0 Å². The van der Waals surface area contributed by atoms with Gasteiger partial charge in [0.1, 0.15) is 0 Å². The fraction of sp³-hybridized carbons (Fsp3) is 0.311. The number of hydrogen-bond donors (Lipinski definition) is 1. The highest BCUT2D eigenvalue weighted by atomic mass is 16.4. The number of nitrogens with zero attached hydrogens (tertiary/aromatic N) is 2. The molecule has 1 aliphatic carbocycles. The molecule has 1 atom stereocenters. The van der Waals surface area contributed by atoms with Gasteiger partial charge in [0.2, 0.25) is 0 Å². The fourth-order valence-electron chi connectivity index (χ4n) is 8.35. The lowest BCUT2D eigenvalue weighted by molar-refractivity contribution is 0.322. The molecular weight excluding hydrogens is 585 g/mol. The summed E-state index contributed by atoms with van der Waals surface area (Å²) in [5.41, 5.74) is 15.6. The van der Waals surface area contributed by atoms with Crippen LogP contribution in [0.15, 0.2) is 102 Å². The molecule has 1 heterocycles. The van der Waals surface area contributed by atoms with Crippen molar-refractivity contribution in [2.45, 2.75) is 90.9 Å². The van der Waals surface area contributed by atoms with E-state index in [1.165, 1.54) is 125 Å². The highest BCUT2D eigenvalue weighted by Gasteiger charge is 2.42. The van der Waals surface area contributed by atoms with E-state index in [-0.39, 0.29) is 5.41 Å². The number of hydrogen-bond acceptors (Lipinski definition) is 2. The number of fused-ring (bicyclic) bond motifs is 6. The van der Waals surface area contributed by atoms with E-state index in [1.807, 2.05) is 12.1 Å². The maximum Gasteiger partial charge on any atom is 0.0733 e. The summed E-state index contributed by atoms with van der Waals surface area (Å²) < 4.78 is 2.35. The van der Waals surface area contributed by atoms with E-state index in [2.05, 4.69) is 122 Å². The Labute approximate surface area is 285 Å². The lowest BCUT2D eigenvalue weighted by atomic mass is 9.70. The molecule has 6 aromatic rings. The van der Waals surface area contributed by atoms with Crippen molar-refractivity contribution < 1.29 is 5.21 Å². The van der Waals surface area contributed by atoms with Crippen molar-refractivity contribution in [3.8, 4) is 27.9 Å². The van der Waals surface area contributed by atoms with E-state index in [0.717, 1.165) is 11.3 Å². The van der Waals surface area contributed by atoms with Crippen LogP contribution in [-0.2, 0) is 5.41 Å². The first-order valence-corrected chi connectivity index (χ1v) is 18.1. The topological polar surface area (TPSA) is 37.5 Å². The van der Waals surface area contributed by atoms with Crippen LogP contribution in [0.3, 0.4) is 0 Å². The monoisotopic (exact) mass is 632 g/mol. The minimum atomic E-state index is 0.0692. The Morgan fingerprint density at radius 2 is 1.17 bits per heavy atom. The van der Waals surface area contributed by atoms with Crippen molar-refractivity contribution in [1.29, 1.82) is 0 Å². The first-order chi connectivity index (χ1) is 23.5. The minimum absolute atomic E-state index is 0.0692. The largest absolute Gasteiger partial charge is 0.411 e. The Morgan fingerprint density at radius 1 is 0.604 bits per heavy atom. The Kier molecular flexibility index (Phi) is 8.96.